The molecule has 4 aromatic rings. The van der Waals surface area contributed by atoms with E-state index in [1.165, 1.54) is 0 Å². The van der Waals surface area contributed by atoms with E-state index in [2.05, 4.69) is 12.1 Å². The van der Waals surface area contributed by atoms with Crippen molar-refractivity contribution >= 4 is 52.4 Å². The van der Waals surface area contributed by atoms with Gasteiger partial charge in [0, 0.05) is 21.4 Å². The lowest BCUT2D eigenvalue weighted by molar-refractivity contribution is -0.138. The zero-order valence-corrected chi connectivity index (χ0v) is 25.4. The van der Waals surface area contributed by atoms with Gasteiger partial charge >= 0.3 is 5.97 Å². The van der Waals surface area contributed by atoms with Crippen molar-refractivity contribution in [1.29, 1.82) is 0 Å². The third-order valence-electron chi connectivity index (χ3n) is 7.89. The molecule has 5 rings (SSSR count). The summed E-state index contributed by atoms with van der Waals surface area (Å²) in [5, 5.41) is 33.3. The van der Waals surface area contributed by atoms with Crippen LogP contribution in [0, 0.1) is 5.41 Å². The second-order valence-corrected chi connectivity index (χ2v) is 13.5. The smallest absolute Gasteiger partial charge is 0.303 e. The monoisotopic (exact) mass is 601 g/mol. The molecule has 0 amide bonds. The molecule has 7 heteroatoms. The summed E-state index contributed by atoms with van der Waals surface area (Å²) in [5.41, 5.74) is 3.87. The molecule has 3 N–H and O–H groups in total. The zero-order chi connectivity index (χ0) is 29.9. The highest BCUT2D eigenvalue weighted by Gasteiger charge is 2.44. The first kappa shape index (κ1) is 30.3. The molecular formula is C35H36ClNO4S. The van der Waals surface area contributed by atoms with Crippen molar-refractivity contribution in [2.24, 2.45) is 5.41 Å². The lowest BCUT2D eigenvalue weighted by Gasteiger charge is -2.27. The number of halogens is 1. The second kappa shape index (κ2) is 12.6. The van der Waals surface area contributed by atoms with Gasteiger partial charge in [0.25, 0.3) is 0 Å². The van der Waals surface area contributed by atoms with Crippen molar-refractivity contribution in [2.75, 3.05) is 5.75 Å². The number of rotatable bonds is 12. The second-order valence-electron chi connectivity index (χ2n) is 11.8. The highest BCUT2D eigenvalue weighted by atomic mass is 35.5. The van der Waals surface area contributed by atoms with Crippen LogP contribution in [0.2, 0.25) is 5.02 Å². The fourth-order valence-corrected chi connectivity index (χ4v) is 7.13. The summed E-state index contributed by atoms with van der Waals surface area (Å²) in [6, 6.07) is 25.4. The van der Waals surface area contributed by atoms with E-state index in [9.17, 15) is 20.1 Å². The standard InChI is InChI=1S/C35H36ClNO4S/c1-34(2,41)29-9-4-3-8-28(29)31(38)20-32(42-22-35(16-17-35)21-33(39)40)25-7-5-6-23(18-25)10-14-27-15-12-24-11-13-26(36)19-30(24)37-27/h3-15,18-19,31-32,38,41H,16-17,20-22H2,1-2H3,(H,39,40)/b14-10+/t31-,32-/m0/s1. The quantitative estimate of drug-likeness (QED) is 0.151. The number of carbonyl (C=O) groups is 1. The van der Waals surface area contributed by atoms with E-state index in [4.69, 9.17) is 16.6 Å². The summed E-state index contributed by atoms with van der Waals surface area (Å²) >= 11 is 7.87. The topological polar surface area (TPSA) is 90.7 Å². The molecule has 1 aromatic heterocycles. The third-order valence-corrected chi connectivity index (χ3v) is 9.78. The first-order valence-electron chi connectivity index (χ1n) is 14.2. The number of benzene rings is 3. The number of hydrogen-bond donors (Lipinski definition) is 3. The van der Waals surface area contributed by atoms with Crippen LogP contribution in [-0.2, 0) is 10.4 Å². The summed E-state index contributed by atoms with van der Waals surface area (Å²) in [4.78, 5) is 16.2. The SMILES string of the molecule is CC(C)(O)c1ccccc1[C@@H](O)C[C@H](SCC1(CC(=O)O)CC1)c1cccc(/C=C/c2ccc3ccc(Cl)cc3n2)c1. The van der Waals surface area contributed by atoms with E-state index in [0.29, 0.717) is 28.3 Å². The molecular weight excluding hydrogens is 566 g/mol. The Bertz CT molecular complexity index is 1610. The van der Waals surface area contributed by atoms with Gasteiger partial charge in [-0.1, -0.05) is 78.3 Å². The highest BCUT2D eigenvalue weighted by Crippen LogP contribution is 2.54. The van der Waals surface area contributed by atoms with Gasteiger partial charge in [-0.3, -0.25) is 4.79 Å². The lowest BCUT2D eigenvalue weighted by atomic mass is 9.88. The molecule has 1 aliphatic carbocycles. The van der Waals surface area contributed by atoms with Crippen LogP contribution in [-0.4, -0.2) is 32.0 Å². The van der Waals surface area contributed by atoms with Gasteiger partial charge in [-0.05, 0) is 85.1 Å². The van der Waals surface area contributed by atoms with Crippen LogP contribution in [0.15, 0.2) is 78.9 Å². The Morgan fingerprint density at radius 2 is 1.81 bits per heavy atom. The Balaban J connectivity index is 1.40. The number of nitrogens with zero attached hydrogens (tertiary/aromatic N) is 1. The fraction of sp³-hybridized carbons (Fsp3) is 0.314. The average Bonchev–Trinajstić information content (AvgIpc) is 3.72. The van der Waals surface area contributed by atoms with E-state index in [0.717, 1.165) is 40.6 Å². The van der Waals surface area contributed by atoms with Crippen molar-refractivity contribution < 1.29 is 20.1 Å². The van der Waals surface area contributed by atoms with Gasteiger partial charge < -0.3 is 15.3 Å². The van der Waals surface area contributed by atoms with Crippen LogP contribution >= 0.6 is 23.4 Å². The Morgan fingerprint density at radius 1 is 1.05 bits per heavy atom. The summed E-state index contributed by atoms with van der Waals surface area (Å²) < 4.78 is 0. The van der Waals surface area contributed by atoms with Gasteiger partial charge in [0.15, 0.2) is 0 Å². The van der Waals surface area contributed by atoms with E-state index in [-0.39, 0.29) is 17.1 Å². The minimum Gasteiger partial charge on any atom is -0.481 e. The van der Waals surface area contributed by atoms with Crippen LogP contribution < -0.4 is 0 Å². The van der Waals surface area contributed by atoms with Gasteiger partial charge in [-0.15, -0.1) is 0 Å². The molecule has 0 bridgehead atoms. The van der Waals surface area contributed by atoms with Crippen molar-refractivity contribution in [3.05, 3.63) is 112 Å². The summed E-state index contributed by atoms with van der Waals surface area (Å²) in [6.45, 7) is 3.45. The number of aliphatic carboxylic acids is 1. The zero-order valence-electron chi connectivity index (χ0n) is 23.8. The molecule has 218 valence electrons. The van der Waals surface area contributed by atoms with Crippen LogP contribution in [0.3, 0.4) is 0 Å². The van der Waals surface area contributed by atoms with E-state index in [1.807, 2.05) is 78.9 Å². The van der Waals surface area contributed by atoms with Crippen LogP contribution in [0.5, 0.6) is 0 Å². The maximum atomic E-state index is 11.5. The predicted molar refractivity (Wildman–Crippen MR) is 173 cm³/mol. The number of aromatic nitrogens is 1. The van der Waals surface area contributed by atoms with Crippen molar-refractivity contribution in [3.8, 4) is 0 Å². The molecule has 3 aromatic carbocycles. The summed E-state index contributed by atoms with van der Waals surface area (Å²) in [6.07, 6.45) is 5.63. The van der Waals surface area contributed by atoms with Crippen LogP contribution in [0.4, 0.5) is 0 Å². The van der Waals surface area contributed by atoms with Crippen molar-refractivity contribution in [3.63, 3.8) is 0 Å². The number of aliphatic hydroxyl groups is 2. The molecule has 0 radical (unpaired) electrons. The molecule has 0 aliphatic heterocycles. The van der Waals surface area contributed by atoms with Gasteiger partial charge in [0.05, 0.1) is 29.3 Å². The van der Waals surface area contributed by atoms with Crippen LogP contribution in [0.25, 0.3) is 23.1 Å². The normalized spacial score (nSPS) is 16.0. The molecule has 1 fully saturated rings. The Hall–Kier alpha value is -3.16. The third kappa shape index (κ3) is 7.61. The van der Waals surface area contributed by atoms with Gasteiger partial charge in [-0.25, -0.2) is 4.98 Å². The number of fused-ring (bicyclic) bond motifs is 1. The Morgan fingerprint density at radius 3 is 2.55 bits per heavy atom. The molecule has 42 heavy (non-hydrogen) atoms. The number of carboxylic acid groups (broad SMARTS) is 1. The van der Waals surface area contributed by atoms with E-state index >= 15 is 0 Å². The summed E-state index contributed by atoms with van der Waals surface area (Å²) in [5.74, 6) is -0.0477. The van der Waals surface area contributed by atoms with E-state index in [1.54, 1.807) is 25.6 Å². The molecule has 5 nitrogen and oxygen atoms in total. The Labute approximate surface area is 256 Å². The van der Waals surface area contributed by atoms with Crippen LogP contribution in [0.1, 0.15) is 78.8 Å². The first-order chi connectivity index (χ1) is 20.0. The minimum atomic E-state index is -1.09. The number of hydrogen-bond acceptors (Lipinski definition) is 5. The lowest BCUT2D eigenvalue weighted by Crippen LogP contribution is -2.20. The molecule has 0 unspecified atom stereocenters. The molecule has 1 aliphatic rings. The van der Waals surface area contributed by atoms with Crippen molar-refractivity contribution in [2.45, 2.75) is 56.5 Å². The summed E-state index contributed by atoms with van der Waals surface area (Å²) in [7, 11) is 0. The minimum absolute atomic E-state index is 0.0737. The average molecular weight is 602 g/mol. The van der Waals surface area contributed by atoms with Gasteiger partial charge in [0.2, 0.25) is 0 Å². The largest absolute Gasteiger partial charge is 0.481 e. The molecule has 1 saturated carbocycles. The highest BCUT2D eigenvalue weighted by molar-refractivity contribution is 7.99. The molecule has 2 atom stereocenters. The number of thioether (sulfide) groups is 1. The van der Waals surface area contributed by atoms with Gasteiger partial charge in [-0.2, -0.15) is 11.8 Å². The number of pyridine rings is 1. The first-order valence-corrected chi connectivity index (χ1v) is 15.6. The van der Waals surface area contributed by atoms with Crippen molar-refractivity contribution in [1.82, 2.24) is 4.98 Å². The maximum Gasteiger partial charge on any atom is 0.303 e. The number of aliphatic hydroxyl groups excluding tert-OH is 1. The maximum absolute atomic E-state index is 11.5. The predicted octanol–water partition coefficient (Wildman–Crippen LogP) is 8.44. The molecule has 0 saturated heterocycles. The fourth-order valence-electron chi connectivity index (χ4n) is 5.37. The van der Waals surface area contributed by atoms with Gasteiger partial charge in [0.1, 0.15) is 0 Å². The Kier molecular flexibility index (Phi) is 9.09. The molecule has 1 heterocycles. The number of carboxylic acids is 1. The molecule has 0 spiro atoms. The van der Waals surface area contributed by atoms with E-state index < -0.39 is 17.7 Å².